The first-order valence-corrected chi connectivity index (χ1v) is 14.0. The molecule has 2 N–H and O–H groups in total. The molecule has 1 aliphatic heterocycles. The van der Waals surface area contributed by atoms with Crippen molar-refractivity contribution in [1.82, 2.24) is 24.4 Å². The van der Waals surface area contributed by atoms with Crippen molar-refractivity contribution in [3.05, 3.63) is 42.9 Å². The molecule has 0 spiro atoms. The Hall–Kier alpha value is -3.98. The van der Waals surface area contributed by atoms with Gasteiger partial charge in [-0.3, -0.25) is 9.48 Å². The molecule has 1 fully saturated rings. The fraction of sp³-hybridized carbons (Fsp3) is 0.360. The van der Waals surface area contributed by atoms with Gasteiger partial charge in [-0.1, -0.05) is 6.07 Å². The molecular formula is C25H26F3N7O4S. The van der Waals surface area contributed by atoms with Crippen LogP contribution >= 0.6 is 0 Å². The SMILES string of the molecule is C[C@@H]1CN(c2cc(-c3cc(-c4ccnn4CC(F)(F)F)c4c(N)ncnn34)ccc2S(C)(=O)=O)C(=O)C(C)(C)O1. The first kappa shape index (κ1) is 27.6. The second kappa shape index (κ2) is 9.30. The van der Waals surface area contributed by atoms with Gasteiger partial charge in [0.25, 0.3) is 5.91 Å². The van der Waals surface area contributed by atoms with Crippen LogP contribution in [0.4, 0.5) is 24.7 Å². The number of fused-ring (bicyclic) bond motifs is 1. The number of anilines is 2. The average Bonchev–Trinajstić information content (AvgIpc) is 3.44. The van der Waals surface area contributed by atoms with Gasteiger partial charge in [0.05, 0.1) is 34.6 Å². The molecule has 1 amide bonds. The number of halogens is 3. The highest BCUT2D eigenvalue weighted by atomic mass is 32.2. The molecule has 1 aliphatic rings. The number of alkyl halides is 3. The summed E-state index contributed by atoms with van der Waals surface area (Å²) >= 11 is 0. The van der Waals surface area contributed by atoms with Gasteiger partial charge in [0.15, 0.2) is 15.7 Å². The third-order valence-electron chi connectivity index (χ3n) is 6.54. The largest absolute Gasteiger partial charge is 0.408 e. The lowest BCUT2D eigenvalue weighted by molar-refractivity contribution is -0.153. The van der Waals surface area contributed by atoms with E-state index in [0.717, 1.165) is 10.9 Å². The molecule has 212 valence electrons. The highest BCUT2D eigenvalue weighted by molar-refractivity contribution is 7.90. The molecule has 3 aromatic heterocycles. The van der Waals surface area contributed by atoms with Gasteiger partial charge in [-0.05, 0) is 45.0 Å². The van der Waals surface area contributed by atoms with E-state index in [0.29, 0.717) is 16.8 Å². The number of morpholine rings is 1. The van der Waals surface area contributed by atoms with Crippen LogP contribution in [-0.2, 0) is 25.9 Å². The summed E-state index contributed by atoms with van der Waals surface area (Å²) < 4.78 is 73.2. The van der Waals surface area contributed by atoms with E-state index in [1.807, 2.05) is 0 Å². The molecule has 0 bridgehead atoms. The van der Waals surface area contributed by atoms with Crippen LogP contribution in [0.2, 0.25) is 0 Å². The highest BCUT2D eigenvalue weighted by Crippen LogP contribution is 2.39. The van der Waals surface area contributed by atoms with Crippen LogP contribution in [0, 0.1) is 0 Å². The standard InChI is InChI=1S/C25H26F3N7O4S/c1-14-11-33(23(36)24(2,3)39-14)19-9-15(5-6-20(19)40(4,37)38)18-10-16(21-22(29)30-13-32-35(18)21)17-7-8-31-34(17)12-25(26,27)28/h5-10,13-14H,11-12H2,1-4H3,(H2,29,30,32)/t14-/m1/s1. The lowest BCUT2D eigenvalue weighted by Crippen LogP contribution is -2.57. The number of ether oxygens (including phenoxy) is 1. The zero-order chi connectivity index (χ0) is 29.2. The second-order valence-corrected chi connectivity index (χ2v) is 12.1. The normalized spacial score (nSPS) is 18.0. The van der Waals surface area contributed by atoms with E-state index < -0.39 is 34.1 Å². The first-order chi connectivity index (χ1) is 18.6. The molecule has 1 atom stereocenters. The Morgan fingerprint density at radius 2 is 1.88 bits per heavy atom. The van der Waals surface area contributed by atoms with Gasteiger partial charge >= 0.3 is 6.18 Å². The number of nitrogen functional groups attached to an aromatic ring is 1. The lowest BCUT2D eigenvalue weighted by Gasteiger charge is -2.41. The molecule has 4 heterocycles. The molecule has 0 radical (unpaired) electrons. The molecule has 15 heteroatoms. The van der Waals surface area contributed by atoms with Gasteiger partial charge in [-0.25, -0.2) is 17.9 Å². The van der Waals surface area contributed by atoms with Crippen molar-refractivity contribution < 1.29 is 31.1 Å². The van der Waals surface area contributed by atoms with Crippen LogP contribution in [0.5, 0.6) is 0 Å². The summed E-state index contributed by atoms with van der Waals surface area (Å²) in [4.78, 5) is 18.7. The predicted molar refractivity (Wildman–Crippen MR) is 140 cm³/mol. The number of sulfone groups is 1. The second-order valence-electron chi connectivity index (χ2n) is 10.1. The minimum absolute atomic E-state index is 0.0166. The number of rotatable bonds is 5. The first-order valence-electron chi connectivity index (χ1n) is 12.1. The molecule has 1 aromatic carbocycles. The van der Waals surface area contributed by atoms with Crippen LogP contribution < -0.4 is 10.6 Å². The fourth-order valence-electron chi connectivity index (χ4n) is 4.99. The van der Waals surface area contributed by atoms with E-state index in [1.54, 1.807) is 32.9 Å². The molecule has 1 saturated heterocycles. The van der Waals surface area contributed by atoms with Crippen LogP contribution in [-0.4, -0.2) is 69.4 Å². The number of hydrogen-bond donors (Lipinski definition) is 1. The van der Waals surface area contributed by atoms with E-state index >= 15 is 0 Å². The third kappa shape index (κ3) is 4.90. The van der Waals surface area contributed by atoms with Crippen molar-refractivity contribution >= 4 is 32.8 Å². The van der Waals surface area contributed by atoms with Crippen LogP contribution in [0.3, 0.4) is 0 Å². The van der Waals surface area contributed by atoms with Crippen molar-refractivity contribution in [3.63, 3.8) is 0 Å². The maximum atomic E-state index is 13.4. The van der Waals surface area contributed by atoms with Crippen LogP contribution in [0.15, 0.2) is 47.8 Å². The number of aromatic nitrogens is 5. The molecule has 0 aliphatic carbocycles. The van der Waals surface area contributed by atoms with Crippen molar-refractivity contribution in [2.45, 2.75) is 50.1 Å². The van der Waals surface area contributed by atoms with Gasteiger partial charge in [-0.15, -0.1) is 0 Å². The van der Waals surface area contributed by atoms with E-state index in [-0.39, 0.29) is 40.3 Å². The van der Waals surface area contributed by atoms with Gasteiger partial charge in [-0.2, -0.15) is 23.4 Å². The Morgan fingerprint density at radius 3 is 2.55 bits per heavy atom. The molecule has 5 rings (SSSR count). The molecule has 0 saturated carbocycles. The smallest absolute Gasteiger partial charge is 0.382 e. The summed E-state index contributed by atoms with van der Waals surface area (Å²) in [5, 5.41) is 8.09. The van der Waals surface area contributed by atoms with Crippen molar-refractivity contribution in [3.8, 4) is 22.5 Å². The highest BCUT2D eigenvalue weighted by Gasteiger charge is 2.42. The minimum Gasteiger partial charge on any atom is -0.382 e. The summed E-state index contributed by atoms with van der Waals surface area (Å²) in [5.74, 6) is -0.404. The van der Waals surface area contributed by atoms with Crippen molar-refractivity contribution in [2.75, 3.05) is 23.4 Å². The number of amides is 1. The number of carbonyl (C=O) groups is 1. The summed E-state index contributed by atoms with van der Waals surface area (Å²) in [7, 11) is -3.77. The van der Waals surface area contributed by atoms with Gasteiger partial charge in [0.1, 0.15) is 24.0 Å². The third-order valence-corrected chi connectivity index (χ3v) is 7.69. The molecular weight excluding hydrogens is 551 g/mol. The molecule has 11 nitrogen and oxygen atoms in total. The summed E-state index contributed by atoms with van der Waals surface area (Å²) in [6.07, 6.45) is -1.41. The van der Waals surface area contributed by atoms with Crippen LogP contribution in [0.25, 0.3) is 28.0 Å². The number of nitrogens with two attached hydrogens (primary N) is 1. The molecule has 4 aromatic rings. The fourth-order valence-corrected chi connectivity index (χ4v) is 5.85. The maximum Gasteiger partial charge on any atom is 0.408 e. The topological polar surface area (TPSA) is 138 Å². The van der Waals surface area contributed by atoms with Crippen LogP contribution in [0.1, 0.15) is 20.8 Å². The van der Waals surface area contributed by atoms with E-state index in [2.05, 4.69) is 15.2 Å². The average molecular weight is 578 g/mol. The van der Waals surface area contributed by atoms with Gasteiger partial charge < -0.3 is 15.4 Å². The quantitative estimate of drug-likeness (QED) is 0.381. The van der Waals surface area contributed by atoms with Gasteiger partial charge in [0.2, 0.25) is 0 Å². The summed E-state index contributed by atoms with van der Waals surface area (Å²) in [5.41, 5.74) is 6.59. The Balaban J connectivity index is 1.74. The van der Waals surface area contributed by atoms with E-state index in [4.69, 9.17) is 10.5 Å². The Labute approximate surface area is 227 Å². The van der Waals surface area contributed by atoms with Crippen molar-refractivity contribution in [1.29, 1.82) is 0 Å². The number of carbonyl (C=O) groups excluding carboxylic acids is 1. The Bertz CT molecular complexity index is 1740. The van der Waals surface area contributed by atoms with Crippen molar-refractivity contribution in [2.24, 2.45) is 0 Å². The van der Waals surface area contributed by atoms with Gasteiger partial charge in [0, 0.05) is 23.6 Å². The Morgan fingerprint density at radius 1 is 1.15 bits per heavy atom. The Kier molecular flexibility index (Phi) is 6.41. The lowest BCUT2D eigenvalue weighted by atomic mass is 10.0. The predicted octanol–water partition coefficient (Wildman–Crippen LogP) is 3.34. The number of hydrogen-bond acceptors (Lipinski definition) is 8. The molecule has 0 unspecified atom stereocenters. The monoisotopic (exact) mass is 577 g/mol. The summed E-state index contributed by atoms with van der Waals surface area (Å²) in [6.45, 7) is 3.79. The zero-order valence-electron chi connectivity index (χ0n) is 22.0. The number of benzene rings is 1. The van der Waals surface area contributed by atoms with E-state index in [9.17, 15) is 26.4 Å². The minimum atomic E-state index is -4.52. The van der Waals surface area contributed by atoms with E-state index in [1.165, 1.54) is 40.1 Å². The maximum absolute atomic E-state index is 13.4. The number of nitrogens with zero attached hydrogens (tertiary/aromatic N) is 6. The zero-order valence-corrected chi connectivity index (χ0v) is 22.8. The summed E-state index contributed by atoms with van der Waals surface area (Å²) in [6, 6.07) is 7.47. The molecule has 40 heavy (non-hydrogen) atoms.